The first-order valence-corrected chi connectivity index (χ1v) is 7.10. The Bertz CT molecular complexity index is 317. The van der Waals surface area contributed by atoms with Crippen LogP contribution in [0.5, 0.6) is 0 Å². The predicted molar refractivity (Wildman–Crippen MR) is 76.5 cm³/mol. The highest BCUT2D eigenvalue weighted by atomic mass is 15.3. The predicted octanol–water partition coefficient (Wildman–Crippen LogP) is 2.02. The summed E-state index contributed by atoms with van der Waals surface area (Å²) in [4.78, 5) is 2.48. The third kappa shape index (κ3) is 5.65. The van der Waals surface area contributed by atoms with Gasteiger partial charge in [-0.1, -0.05) is 13.8 Å². The molecule has 0 aliphatic rings. The van der Waals surface area contributed by atoms with Crippen LogP contribution >= 0.6 is 0 Å². The first-order valence-electron chi connectivity index (χ1n) is 7.10. The van der Waals surface area contributed by atoms with E-state index in [1.807, 2.05) is 17.9 Å². The number of hydrogen-bond acceptors (Lipinski definition) is 3. The monoisotopic (exact) mass is 252 g/mol. The standard InChI is InChI=1S/C14H28N4/c1-5-18(6-2)10-7-8-13(3)15-12-14-9-11-17(4)16-14/h9,11,13,15H,5-8,10,12H2,1-4H3. The third-order valence-electron chi connectivity index (χ3n) is 3.41. The van der Waals surface area contributed by atoms with Crippen LogP contribution in [-0.2, 0) is 13.6 Å². The average molecular weight is 252 g/mol. The quantitative estimate of drug-likeness (QED) is 0.730. The van der Waals surface area contributed by atoms with E-state index in [1.54, 1.807) is 0 Å². The fourth-order valence-electron chi connectivity index (χ4n) is 2.10. The van der Waals surface area contributed by atoms with Gasteiger partial charge in [-0.05, 0) is 45.5 Å². The zero-order chi connectivity index (χ0) is 13.4. The van der Waals surface area contributed by atoms with Crippen LogP contribution in [0.15, 0.2) is 12.3 Å². The molecule has 0 spiro atoms. The van der Waals surface area contributed by atoms with E-state index in [2.05, 4.69) is 42.2 Å². The Kier molecular flexibility index (Phi) is 6.98. The van der Waals surface area contributed by atoms with Crippen molar-refractivity contribution in [3.8, 4) is 0 Å². The van der Waals surface area contributed by atoms with E-state index in [9.17, 15) is 0 Å². The van der Waals surface area contributed by atoms with E-state index in [-0.39, 0.29) is 0 Å². The summed E-state index contributed by atoms with van der Waals surface area (Å²) in [6, 6.07) is 2.62. The van der Waals surface area contributed by atoms with Crippen LogP contribution in [0.4, 0.5) is 0 Å². The van der Waals surface area contributed by atoms with Gasteiger partial charge in [0.25, 0.3) is 0 Å². The fourth-order valence-corrected chi connectivity index (χ4v) is 2.10. The number of aromatic nitrogens is 2. The highest BCUT2D eigenvalue weighted by Crippen LogP contribution is 2.01. The Morgan fingerprint density at radius 3 is 2.67 bits per heavy atom. The number of nitrogens with zero attached hydrogens (tertiary/aromatic N) is 3. The molecule has 1 unspecified atom stereocenters. The summed E-state index contributed by atoms with van der Waals surface area (Å²) in [5.41, 5.74) is 1.12. The van der Waals surface area contributed by atoms with E-state index >= 15 is 0 Å². The molecule has 4 nitrogen and oxygen atoms in total. The van der Waals surface area contributed by atoms with Crippen LogP contribution < -0.4 is 5.32 Å². The summed E-state index contributed by atoms with van der Waals surface area (Å²) < 4.78 is 1.85. The molecule has 0 fully saturated rings. The van der Waals surface area contributed by atoms with Crippen LogP contribution in [0, 0.1) is 0 Å². The van der Waals surface area contributed by atoms with Crippen LogP contribution in [0.25, 0.3) is 0 Å². The lowest BCUT2D eigenvalue weighted by Gasteiger charge is -2.19. The summed E-state index contributed by atoms with van der Waals surface area (Å²) in [6.07, 6.45) is 4.48. The van der Waals surface area contributed by atoms with Gasteiger partial charge in [-0.2, -0.15) is 5.10 Å². The molecule has 0 aliphatic heterocycles. The lowest BCUT2D eigenvalue weighted by molar-refractivity contribution is 0.290. The summed E-state index contributed by atoms with van der Waals surface area (Å²) >= 11 is 0. The summed E-state index contributed by atoms with van der Waals surface area (Å²) in [6.45, 7) is 11.1. The Labute approximate surface area is 111 Å². The topological polar surface area (TPSA) is 33.1 Å². The Balaban J connectivity index is 2.12. The SMILES string of the molecule is CCN(CC)CCCC(C)NCc1ccn(C)n1. The van der Waals surface area contributed by atoms with Crippen LogP contribution in [-0.4, -0.2) is 40.4 Å². The van der Waals surface area contributed by atoms with Crippen molar-refractivity contribution in [3.05, 3.63) is 18.0 Å². The van der Waals surface area contributed by atoms with Gasteiger partial charge >= 0.3 is 0 Å². The molecule has 0 aliphatic carbocycles. The van der Waals surface area contributed by atoms with Crippen molar-refractivity contribution in [2.24, 2.45) is 7.05 Å². The molecule has 0 saturated heterocycles. The van der Waals surface area contributed by atoms with E-state index in [0.29, 0.717) is 6.04 Å². The minimum Gasteiger partial charge on any atom is -0.309 e. The Hall–Kier alpha value is -0.870. The fraction of sp³-hybridized carbons (Fsp3) is 0.786. The number of rotatable bonds is 9. The normalized spacial score (nSPS) is 13.2. The van der Waals surface area contributed by atoms with Gasteiger partial charge in [0.1, 0.15) is 0 Å². The van der Waals surface area contributed by atoms with Gasteiger partial charge in [0.2, 0.25) is 0 Å². The third-order valence-corrected chi connectivity index (χ3v) is 3.41. The molecule has 1 atom stereocenters. The second-order valence-electron chi connectivity index (χ2n) is 4.93. The maximum Gasteiger partial charge on any atom is 0.0762 e. The summed E-state index contributed by atoms with van der Waals surface area (Å²) in [7, 11) is 1.96. The molecule has 1 aromatic heterocycles. The van der Waals surface area contributed by atoms with Crippen molar-refractivity contribution in [1.82, 2.24) is 20.0 Å². The second kappa shape index (κ2) is 8.27. The van der Waals surface area contributed by atoms with Gasteiger partial charge in [0.15, 0.2) is 0 Å². The first-order chi connectivity index (χ1) is 8.65. The smallest absolute Gasteiger partial charge is 0.0762 e. The number of nitrogens with one attached hydrogen (secondary N) is 1. The van der Waals surface area contributed by atoms with Crippen LogP contribution in [0.3, 0.4) is 0 Å². The molecule has 104 valence electrons. The molecule has 0 radical (unpaired) electrons. The van der Waals surface area contributed by atoms with Gasteiger partial charge in [0, 0.05) is 25.8 Å². The largest absolute Gasteiger partial charge is 0.309 e. The molecule has 1 rings (SSSR count). The van der Waals surface area contributed by atoms with Crippen molar-refractivity contribution >= 4 is 0 Å². The first kappa shape index (κ1) is 15.2. The minimum absolute atomic E-state index is 0.558. The highest BCUT2D eigenvalue weighted by molar-refractivity contribution is 4.98. The molecule has 0 bridgehead atoms. The highest BCUT2D eigenvalue weighted by Gasteiger charge is 2.04. The Morgan fingerprint density at radius 1 is 1.39 bits per heavy atom. The summed E-state index contributed by atoms with van der Waals surface area (Å²) in [5, 5.41) is 7.89. The van der Waals surface area contributed by atoms with E-state index < -0.39 is 0 Å². The molecule has 1 aromatic rings. The van der Waals surface area contributed by atoms with Gasteiger partial charge in [-0.15, -0.1) is 0 Å². The molecular weight excluding hydrogens is 224 g/mol. The summed E-state index contributed by atoms with van der Waals surface area (Å²) in [5.74, 6) is 0. The lowest BCUT2D eigenvalue weighted by atomic mass is 10.1. The molecule has 1 heterocycles. The molecule has 0 saturated carbocycles. The molecule has 0 aromatic carbocycles. The van der Waals surface area contributed by atoms with Gasteiger partial charge in [-0.3, -0.25) is 4.68 Å². The maximum absolute atomic E-state index is 4.36. The molecule has 18 heavy (non-hydrogen) atoms. The van der Waals surface area contributed by atoms with E-state index in [0.717, 1.165) is 25.3 Å². The van der Waals surface area contributed by atoms with Crippen molar-refractivity contribution in [1.29, 1.82) is 0 Å². The average Bonchev–Trinajstić information content (AvgIpc) is 2.78. The zero-order valence-corrected chi connectivity index (χ0v) is 12.3. The van der Waals surface area contributed by atoms with Crippen molar-refractivity contribution in [2.45, 2.75) is 46.2 Å². The van der Waals surface area contributed by atoms with E-state index in [4.69, 9.17) is 0 Å². The van der Waals surface area contributed by atoms with Gasteiger partial charge < -0.3 is 10.2 Å². The second-order valence-corrected chi connectivity index (χ2v) is 4.93. The van der Waals surface area contributed by atoms with Crippen LogP contribution in [0.2, 0.25) is 0 Å². The van der Waals surface area contributed by atoms with Crippen molar-refractivity contribution < 1.29 is 0 Å². The number of hydrogen-bond donors (Lipinski definition) is 1. The molecule has 4 heteroatoms. The lowest BCUT2D eigenvalue weighted by Crippen LogP contribution is -2.29. The maximum atomic E-state index is 4.36. The number of aryl methyl sites for hydroxylation is 1. The van der Waals surface area contributed by atoms with E-state index in [1.165, 1.54) is 19.4 Å². The zero-order valence-electron chi connectivity index (χ0n) is 12.3. The molecule has 1 N–H and O–H groups in total. The molecule has 0 amide bonds. The van der Waals surface area contributed by atoms with Gasteiger partial charge in [-0.25, -0.2) is 0 Å². The Morgan fingerprint density at radius 2 is 2.11 bits per heavy atom. The van der Waals surface area contributed by atoms with Crippen molar-refractivity contribution in [2.75, 3.05) is 19.6 Å². The minimum atomic E-state index is 0.558. The van der Waals surface area contributed by atoms with Crippen molar-refractivity contribution in [3.63, 3.8) is 0 Å². The van der Waals surface area contributed by atoms with Crippen LogP contribution in [0.1, 0.15) is 39.3 Å². The van der Waals surface area contributed by atoms with Gasteiger partial charge in [0.05, 0.1) is 5.69 Å². The molecular formula is C14H28N4.